The fourth-order valence-corrected chi connectivity index (χ4v) is 0.889. The van der Waals surface area contributed by atoms with E-state index in [1.54, 1.807) is 20.8 Å². The van der Waals surface area contributed by atoms with E-state index in [2.05, 4.69) is 4.74 Å². The minimum Gasteiger partial charge on any atom is -0.459 e. The molecule has 0 fully saturated rings. The summed E-state index contributed by atoms with van der Waals surface area (Å²) in [5, 5.41) is 0. The number of ether oxygens (including phenoxy) is 2. The fraction of sp³-hybridized carbons (Fsp3) is 0.800. The molecule has 1 amide bonds. The summed E-state index contributed by atoms with van der Waals surface area (Å²) in [7, 11) is 2.96. The summed E-state index contributed by atoms with van der Waals surface area (Å²) in [6.07, 6.45) is 0. The van der Waals surface area contributed by atoms with Gasteiger partial charge in [0.05, 0.1) is 0 Å². The van der Waals surface area contributed by atoms with E-state index in [4.69, 9.17) is 4.74 Å². The average Bonchev–Trinajstić information content (AvgIpc) is 2.00. The monoisotopic (exact) mass is 217 g/mol. The van der Waals surface area contributed by atoms with Crippen molar-refractivity contribution in [3.8, 4) is 0 Å². The molecule has 0 heterocycles. The molecule has 0 aromatic heterocycles. The van der Waals surface area contributed by atoms with Crippen molar-refractivity contribution in [3.05, 3.63) is 0 Å². The van der Waals surface area contributed by atoms with Crippen LogP contribution in [0.5, 0.6) is 0 Å². The Balaban J connectivity index is 4.02. The number of hydrogen-bond acceptors (Lipinski definition) is 4. The van der Waals surface area contributed by atoms with Gasteiger partial charge < -0.3 is 14.4 Å². The van der Waals surface area contributed by atoms with Gasteiger partial charge in [0.1, 0.15) is 18.8 Å². The van der Waals surface area contributed by atoms with E-state index in [9.17, 15) is 9.59 Å². The van der Waals surface area contributed by atoms with Gasteiger partial charge in [-0.25, -0.2) is 0 Å². The van der Waals surface area contributed by atoms with E-state index in [0.29, 0.717) is 0 Å². The van der Waals surface area contributed by atoms with Crippen LogP contribution in [-0.4, -0.2) is 49.7 Å². The Morgan fingerprint density at radius 2 is 1.80 bits per heavy atom. The standard InChI is InChI=1S/C10H19NO4/c1-10(2,3)15-9(13)6-11(4)8(12)7-14-5/h6-7H2,1-5H3. The second-order valence-corrected chi connectivity index (χ2v) is 4.27. The number of methoxy groups -OCH3 is 1. The van der Waals surface area contributed by atoms with Gasteiger partial charge in [0.2, 0.25) is 5.91 Å². The smallest absolute Gasteiger partial charge is 0.326 e. The number of carbonyl (C=O) groups excluding carboxylic acids is 2. The van der Waals surface area contributed by atoms with Gasteiger partial charge in [0.25, 0.3) is 0 Å². The summed E-state index contributed by atoms with van der Waals surface area (Å²) < 4.78 is 9.73. The molecule has 5 heteroatoms. The van der Waals surface area contributed by atoms with Gasteiger partial charge in [-0.1, -0.05) is 0 Å². The summed E-state index contributed by atoms with van der Waals surface area (Å²) in [4.78, 5) is 23.8. The van der Waals surface area contributed by atoms with Gasteiger partial charge in [0, 0.05) is 14.2 Å². The summed E-state index contributed by atoms with van der Waals surface area (Å²) in [6.45, 7) is 5.25. The van der Waals surface area contributed by atoms with Gasteiger partial charge in [-0.3, -0.25) is 9.59 Å². The highest BCUT2D eigenvalue weighted by Gasteiger charge is 2.19. The minimum absolute atomic E-state index is 0.0285. The Hall–Kier alpha value is -1.10. The molecular formula is C10H19NO4. The first-order chi connectivity index (χ1) is 6.76. The van der Waals surface area contributed by atoms with E-state index < -0.39 is 11.6 Å². The third kappa shape index (κ3) is 6.90. The van der Waals surface area contributed by atoms with Crippen LogP contribution in [0.2, 0.25) is 0 Å². The lowest BCUT2D eigenvalue weighted by molar-refractivity contribution is -0.158. The van der Waals surface area contributed by atoms with Gasteiger partial charge in [-0.05, 0) is 20.8 Å². The zero-order valence-corrected chi connectivity index (χ0v) is 9.99. The van der Waals surface area contributed by atoms with Crippen molar-refractivity contribution in [1.82, 2.24) is 4.90 Å². The molecule has 0 saturated heterocycles. The maximum Gasteiger partial charge on any atom is 0.326 e. The Bertz CT molecular complexity index is 232. The second kappa shape index (κ2) is 5.70. The predicted octanol–water partition coefficient (Wildman–Crippen LogP) is 0.433. The van der Waals surface area contributed by atoms with E-state index in [1.807, 2.05) is 0 Å². The highest BCUT2D eigenvalue weighted by molar-refractivity contribution is 5.82. The molecule has 0 aromatic carbocycles. The van der Waals surface area contributed by atoms with Crippen molar-refractivity contribution < 1.29 is 19.1 Å². The topological polar surface area (TPSA) is 55.8 Å². The Kier molecular flexibility index (Phi) is 5.28. The highest BCUT2D eigenvalue weighted by Crippen LogP contribution is 2.07. The lowest BCUT2D eigenvalue weighted by Gasteiger charge is -2.22. The van der Waals surface area contributed by atoms with Crippen LogP contribution in [0.25, 0.3) is 0 Å². The minimum atomic E-state index is -0.526. The summed E-state index contributed by atoms with van der Waals surface area (Å²) in [5.41, 5.74) is -0.526. The number of esters is 1. The number of carbonyl (C=O) groups is 2. The van der Waals surface area contributed by atoms with E-state index in [0.717, 1.165) is 0 Å². The number of rotatable bonds is 4. The maximum atomic E-state index is 11.3. The van der Waals surface area contributed by atoms with E-state index >= 15 is 0 Å². The van der Waals surface area contributed by atoms with Crippen LogP contribution in [0, 0.1) is 0 Å². The number of nitrogens with zero attached hydrogens (tertiary/aromatic N) is 1. The molecule has 0 aliphatic rings. The van der Waals surface area contributed by atoms with Gasteiger partial charge in [0.15, 0.2) is 0 Å². The first-order valence-corrected chi connectivity index (χ1v) is 4.71. The van der Waals surface area contributed by atoms with Crippen molar-refractivity contribution in [2.24, 2.45) is 0 Å². The number of likely N-dealkylation sites (N-methyl/N-ethyl adjacent to an activating group) is 1. The Morgan fingerprint density at radius 1 is 1.27 bits per heavy atom. The Labute approximate surface area is 90.3 Å². The molecule has 0 N–H and O–H groups in total. The molecule has 0 radical (unpaired) electrons. The molecule has 88 valence electrons. The van der Waals surface area contributed by atoms with Crippen molar-refractivity contribution in [2.75, 3.05) is 27.3 Å². The lowest BCUT2D eigenvalue weighted by atomic mass is 10.2. The predicted molar refractivity (Wildman–Crippen MR) is 55.4 cm³/mol. The zero-order valence-electron chi connectivity index (χ0n) is 9.99. The van der Waals surface area contributed by atoms with E-state index in [-0.39, 0.29) is 19.1 Å². The molecule has 0 aliphatic carbocycles. The molecule has 0 spiro atoms. The molecule has 5 nitrogen and oxygen atoms in total. The molecule has 0 saturated carbocycles. The summed E-state index contributed by atoms with van der Waals surface area (Å²) >= 11 is 0. The zero-order chi connectivity index (χ0) is 12.1. The third-order valence-corrected chi connectivity index (χ3v) is 1.48. The first kappa shape index (κ1) is 13.9. The van der Waals surface area contributed by atoms with Crippen LogP contribution in [0.1, 0.15) is 20.8 Å². The van der Waals surface area contributed by atoms with E-state index in [1.165, 1.54) is 19.1 Å². The molecule has 0 rings (SSSR count). The van der Waals surface area contributed by atoms with Crippen molar-refractivity contribution >= 4 is 11.9 Å². The summed E-state index contributed by atoms with van der Waals surface area (Å²) in [6, 6.07) is 0. The third-order valence-electron chi connectivity index (χ3n) is 1.48. The molecule has 0 aromatic rings. The van der Waals surface area contributed by atoms with Crippen molar-refractivity contribution in [3.63, 3.8) is 0 Å². The van der Waals surface area contributed by atoms with Crippen LogP contribution in [-0.2, 0) is 19.1 Å². The normalized spacial score (nSPS) is 11.0. The number of hydrogen-bond donors (Lipinski definition) is 0. The quantitative estimate of drug-likeness (QED) is 0.641. The van der Waals surface area contributed by atoms with Crippen LogP contribution in [0.3, 0.4) is 0 Å². The molecular weight excluding hydrogens is 198 g/mol. The molecule has 0 aliphatic heterocycles. The van der Waals surface area contributed by atoms with Crippen LogP contribution >= 0.6 is 0 Å². The SMILES string of the molecule is COCC(=O)N(C)CC(=O)OC(C)(C)C. The molecule has 0 unspecified atom stereocenters. The van der Waals surface area contributed by atoms with Crippen molar-refractivity contribution in [2.45, 2.75) is 26.4 Å². The van der Waals surface area contributed by atoms with Gasteiger partial charge in [-0.2, -0.15) is 0 Å². The number of amides is 1. The molecule has 15 heavy (non-hydrogen) atoms. The van der Waals surface area contributed by atoms with Crippen LogP contribution in [0.4, 0.5) is 0 Å². The average molecular weight is 217 g/mol. The lowest BCUT2D eigenvalue weighted by Crippen LogP contribution is -2.37. The first-order valence-electron chi connectivity index (χ1n) is 4.71. The molecule has 0 bridgehead atoms. The van der Waals surface area contributed by atoms with Gasteiger partial charge >= 0.3 is 5.97 Å². The maximum absolute atomic E-state index is 11.3. The second-order valence-electron chi connectivity index (χ2n) is 4.27. The summed E-state index contributed by atoms with van der Waals surface area (Å²) in [5.74, 6) is -0.669. The van der Waals surface area contributed by atoms with Crippen LogP contribution < -0.4 is 0 Å². The highest BCUT2D eigenvalue weighted by atomic mass is 16.6. The largest absolute Gasteiger partial charge is 0.459 e. The fourth-order valence-electron chi connectivity index (χ4n) is 0.889. The van der Waals surface area contributed by atoms with Crippen LogP contribution in [0.15, 0.2) is 0 Å². The molecule has 0 atom stereocenters. The Morgan fingerprint density at radius 3 is 2.20 bits per heavy atom. The van der Waals surface area contributed by atoms with Crippen molar-refractivity contribution in [1.29, 1.82) is 0 Å². The van der Waals surface area contributed by atoms with Gasteiger partial charge in [-0.15, -0.1) is 0 Å².